The van der Waals surface area contributed by atoms with Gasteiger partial charge in [0, 0.05) is 0 Å². The SMILES string of the molecule is CCC(CC(=O)O)O[C@H]1CC[C@@]2(C)C(=CC[C@H]3[C@@H]4CC[C@H]([C@H](C)CCCC(C)C)[C@@]4(C)CC[C@@H]32)C1. The second kappa shape index (κ2) is 10.9. The van der Waals surface area contributed by atoms with Gasteiger partial charge in [-0.3, -0.25) is 4.79 Å². The van der Waals surface area contributed by atoms with Crippen molar-refractivity contribution in [2.45, 2.75) is 137 Å². The molecule has 3 fully saturated rings. The Labute approximate surface area is 215 Å². The quantitative estimate of drug-likeness (QED) is 0.314. The van der Waals surface area contributed by atoms with Crippen molar-refractivity contribution in [1.82, 2.24) is 0 Å². The molecule has 200 valence electrons. The zero-order chi connectivity index (χ0) is 25.4. The molecule has 0 amide bonds. The van der Waals surface area contributed by atoms with Crippen LogP contribution in [-0.2, 0) is 9.53 Å². The molecular weight excluding hydrogens is 432 g/mol. The fourth-order valence-electron chi connectivity index (χ4n) is 9.52. The van der Waals surface area contributed by atoms with Crippen LogP contribution in [0.5, 0.6) is 0 Å². The third-order valence-corrected chi connectivity index (χ3v) is 11.5. The van der Waals surface area contributed by atoms with Crippen molar-refractivity contribution in [3.05, 3.63) is 11.6 Å². The summed E-state index contributed by atoms with van der Waals surface area (Å²) in [5, 5.41) is 9.22. The van der Waals surface area contributed by atoms with E-state index in [2.05, 4.69) is 40.7 Å². The number of ether oxygens (including phenoxy) is 1. The van der Waals surface area contributed by atoms with Crippen LogP contribution in [0, 0.1) is 46.3 Å². The molecule has 3 saturated carbocycles. The molecule has 0 radical (unpaired) electrons. The van der Waals surface area contributed by atoms with E-state index in [1.54, 1.807) is 5.57 Å². The number of fused-ring (bicyclic) bond motifs is 5. The van der Waals surface area contributed by atoms with Gasteiger partial charge in [-0.25, -0.2) is 0 Å². The van der Waals surface area contributed by atoms with Gasteiger partial charge in [-0.05, 0) is 104 Å². The van der Waals surface area contributed by atoms with Crippen LogP contribution in [-0.4, -0.2) is 23.3 Å². The second-order valence-corrected chi connectivity index (χ2v) is 13.9. The summed E-state index contributed by atoms with van der Waals surface area (Å²) in [6.07, 6.45) is 18.1. The number of allylic oxidation sites excluding steroid dienone is 1. The molecule has 0 spiro atoms. The highest BCUT2D eigenvalue weighted by atomic mass is 16.5. The molecule has 0 aromatic rings. The lowest BCUT2D eigenvalue weighted by Crippen LogP contribution is -2.51. The lowest BCUT2D eigenvalue weighted by Gasteiger charge is -2.58. The van der Waals surface area contributed by atoms with Gasteiger partial charge in [-0.1, -0.05) is 72.5 Å². The Balaban J connectivity index is 1.42. The highest BCUT2D eigenvalue weighted by molar-refractivity contribution is 5.67. The van der Waals surface area contributed by atoms with Crippen molar-refractivity contribution >= 4 is 5.97 Å². The molecule has 4 rings (SSSR count). The van der Waals surface area contributed by atoms with Gasteiger partial charge in [0.1, 0.15) is 0 Å². The largest absolute Gasteiger partial charge is 0.481 e. The topological polar surface area (TPSA) is 46.5 Å². The molecule has 0 aliphatic heterocycles. The van der Waals surface area contributed by atoms with Gasteiger partial charge in [0.05, 0.1) is 18.6 Å². The van der Waals surface area contributed by atoms with Crippen LogP contribution in [0.2, 0.25) is 0 Å². The van der Waals surface area contributed by atoms with E-state index in [4.69, 9.17) is 4.74 Å². The van der Waals surface area contributed by atoms with Gasteiger partial charge >= 0.3 is 5.97 Å². The Morgan fingerprint density at radius 3 is 2.54 bits per heavy atom. The summed E-state index contributed by atoms with van der Waals surface area (Å²) < 4.78 is 6.33. The lowest BCUT2D eigenvalue weighted by atomic mass is 9.47. The molecule has 35 heavy (non-hydrogen) atoms. The number of carboxylic acids is 1. The Kier molecular flexibility index (Phi) is 8.46. The van der Waals surface area contributed by atoms with Crippen LogP contribution >= 0.6 is 0 Å². The third-order valence-electron chi connectivity index (χ3n) is 11.5. The zero-order valence-corrected chi connectivity index (χ0v) is 23.7. The normalized spacial score (nSPS) is 40.4. The first-order chi connectivity index (χ1) is 16.6. The summed E-state index contributed by atoms with van der Waals surface area (Å²) >= 11 is 0. The number of rotatable bonds is 10. The first kappa shape index (κ1) is 27.2. The van der Waals surface area contributed by atoms with Crippen LogP contribution in [0.15, 0.2) is 11.6 Å². The third kappa shape index (κ3) is 5.41. The van der Waals surface area contributed by atoms with Crippen molar-refractivity contribution in [2.75, 3.05) is 0 Å². The monoisotopic (exact) mass is 486 g/mol. The van der Waals surface area contributed by atoms with Crippen LogP contribution in [0.4, 0.5) is 0 Å². The van der Waals surface area contributed by atoms with Crippen LogP contribution in [0.25, 0.3) is 0 Å². The van der Waals surface area contributed by atoms with Gasteiger partial charge in [-0.2, -0.15) is 0 Å². The maximum atomic E-state index is 11.2. The Morgan fingerprint density at radius 2 is 1.86 bits per heavy atom. The van der Waals surface area contributed by atoms with E-state index < -0.39 is 5.97 Å². The average molecular weight is 487 g/mol. The van der Waals surface area contributed by atoms with Gasteiger partial charge in [0.2, 0.25) is 0 Å². The minimum Gasteiger partial charge on any atom is -0.481 e. The van der Waals surface area contributed by atoms with E-state index in [1.807, 2.05) is 6.92 Å². The molecular formula is C32H54O3. The molecule has 9 atom stereocenters. The van der Waals surface area contributed by atoms with Crippen LogP contribution in [0.3, 0.4) is 0 Å². The lowest BCUT2D eigenvalue weighted by molar-refractivity contribution is -0.142. The summed E-state index contributed by atoms with van der Waals surface area (Å²) in [4.78, 5) is 11.2. The minimum atomic E-state index is -0.744. The van der Waals surface area contributed by atoms with Crippen molar-refractivity contribution in [3.8, 4) is 0 Å². The van der Waals surface area contributed by atoms with Crippen molar-refractivity contribution in [3.63, 3.8) is 0 Å². The summed E-state index contributed by atoms with van der Waals surface area (Å²) in [6, 6.07) is 0. The predicted octanol–water partition coefficient (Wildman–Crippen LogP) is 8.67. The highest BCUT2D eigenvalue weighted by Gasteiger charge is 2.59. The Morgan fingerprint density at radius 1 is 1.09 bits per heavy atom. The molecule has 3 nitrogen and oxygen atoms in total. The fraction of sp³-hybridized carbons (Fsp3) is 0.906. The summed E-state index contributed by atoms with van der Waals surface area (Å²) in [5.41, 5.74) is 2.52. The van der Waals surface area contributed by atoms with E-state index in [9.17, 15) is 9.90 Å². The first-order valence-corrected chi connectivity index (χ1v) is 15.1. The number of hydrogen-bond donors (Lipinski definition) is 1. The van der Waals surface area contributed by atoms with E-state index >= 15 is 0 Å². The van der Waals surface area contributed by atoms with Crippen LogP contribution in [0.1, 0.15) is 125 Å². The van der Waals surface area contributed by atoms with E-state index in [0.29, 0.717) is 10.8 Å². The van der Waals surface area contributed by atoms with Crippen molar-refractivity contribution in [1.29, 1.82) is 0 Å². The summed E-state index contributed by atoms with van der Waals surface area (Å²) in [7, 11) is 0. The smallest absolute Gasteiger partial charge is 0.305 e. The number of aliphatic carboxylic acids is 1. The second-order valence-electron chi connectivity index (χ2n) is 13.9. The van der Waals surface area contributed by atoms with Crippen molar-refractivity contribution in [2.24, 2.45) is 46.3 Å². The minimum absolute atomic E-state index is 0.130. The average Bonchev–Trinajstić information content (AvgIpc) is 3.15. The Hall–Kier alpha value is -0.830. The van der Waals surface area contributed by atoms with Crippen molar-refractivity contribution < 1.29 is 14.6 Å². The molecule has 1 N–H and O–H groups in total. The van der Waals surface area contributed by atoms with Gasteiger partial charge < -0.3 is 9.84 Å². The predicted molar refractivity (Wildman–Crippen MR) is 144 cm³/mol. The molecule has 3 heteroatoms. The molecule has 1 unspecified atom stereocenters. The Bertz CT molecular complexity index is 771. The van der Waals surface area contributed by atoms with Gasteiger partial charge in [-0.15, -0.1) is 0 Å². The van der Waals surface area contributed by atoms with E-state index in [0.717, 1.165) is 54.8 Å². The maximum absolute atomic E-state index is 11.2. The van der Waals surface area contributed by atoms with E-state index in [-0.39, 0.29) is 18.6 Å². The fourth-order valence-corrected chi connectivity index (χ4v) is 9.52. The van der Waals surface area contributed by atoms with E-state index in [1.165, 1.54) is 57.8 Å². The number of hydrogen-bond acceptors (Lipinski definition) is 2. The summed E-state index contributed by atoms with van der Waals surface area (Å²) in [5.74, 6) is 4.48. The first-order valence-electron chi connectivity index (χ1n) is 15.1. The molecule has 0 saturated heterocycles. The standard InChI is InChI=1S/C32H54O3/c1-7-24(20-30(33)34)35-25-15-17-31(5)23(19-25)11-12-26-28-14-13-27(22(4)10-8-9-21(2)3)32(28,6)18-16-29(26)31/h11,21-22,24-29H,7-10,12-20H2,1-6H3,(H,33,34)/t22-,24?,25+,26+,27-,28+,29+,31+,32-/m1/s1. The molecule has 0 bridgehead atoms. The zero-order valence-electron chi connectivity index (χ0n) is 23.7. The molecule has 0 aromatic heterocycles. The molecule has 0 aromatic carbocycles. The van der Waals surface area contributed by atoms with Crippen LogP contribution < -0.4 is 0 Å². The summed E-state index contributed by atoms with van der Waals surface area (Å²) in [6.45, 7) is 14.6. The van der Waals surface area contributed by atoms with Gasteiger partial charge in [0.15, 0.2) is 0 Å². The number of carbonyl (C=O) groups is 1. The highest BCUT2D eigenvalue weighted by Crippen LogP contribution is 2.67. The molecule has 4 aliphatic carbocycles. The maximum Gasteiger partial charge on any atom is 0.305 e. The number of carboxylic acid groups (broad SMARTS) is 1. The molecule has 4 aliphatic rings. The van der Waals surface area contributed by atoms with Gasteiger partial charge in [0.25, 0.3) is 0 Å². The molecule has 0 heterocycles.